The third-order valence-corrected chi connectivity index (χ3v) is 1.58. The van der Waals surface area contributed by atoms with Gasteiger partial charge in [0.15, 0.2) is 5.50 Å². The van der Waals surface area contributed by atoms with Crippen molar-refractivity contribution in [3.8, 4) is 0 Å². The minimum Gasteiger partial charge on any atom is -0.479 e. The van der Waals surface area contributed by atoms with Gasteiger partial charge in [-0.15, -0.1) is 0 Å². The number of anilines is 1. The van der Waals surface area contributed by atoms with E-state index in [-0.39, 0.29) is 0 Å². The maximum absolute atomic E-state index is 10.3. The van der Waals surface area contributed by atoms with Crippen LogP contribution in [-0.2, 0) is 4.79 Å². The van der Waals surface area contributed by atoms with Gasteiger partial charge in [0.05, 0.1) is 0 Å². The molecule has 0 radical (unpaired) electrons. The monoisotopic (exact) mass is 185 g/mol. The summed E-state index contributed by atoms with van der Waals surface area (Å²) in [6.07, 6.45) is 0. The minimum atomic E-state index is -1.08. The van der Waals surface area contributed by atoms with Gasteiger partial charge in [-0.3, -0.25) is 0 Å². The van der Waals surface area contributed by atoms with Crippen molar-refractivity contribution in [3.05, 3.63) is 30.3 Å². The molecule has 12 heavy (non-hydrogen) atoms. The van der Waals surface area contributed by atoms with E-state index in [1.807, 2.05) is 6.07 Å². The maximum atomic E-state index is 10.3. The number of hydrogen-bond donors (Lipinski definition) is 2. The summed E-state index contributed by atoms with van der Waals surface area (Å²) in [6, 6.07) is 8.94. The van der Waals surface area contributed by atoms with Crippen molar-refractivity contribution in [2.24, 2.45) is 0 Å². The topological polar surface area (TPSA) is 49.3 Å². The molecule has 0 fully saturated rings. The molecule has 1 rings (SSSR count). The fraction of sp³-hybridized carbons (Fsp3) is 0.125. The molecule has 0 aliphatic rings. The zero-order valence-corrected chi connectivity index (χ0v) is 6.95. The fourth-order valence-corrected chi connectivity index (χ4v) is 0.868. The molecule has 0 spiro atoms. The van der Waals surface area contributed by atoms with Crippen LogP contribution in [-0.4, -0.2) is 16.6 Å². The van der Waals surface area contributed by atoms with Crippen molar-refractivity contribution in [2.45, 2.75) is 5.50 Å². The largest absolute Gasteiger partial charge is 0.479 e. The third-order valence-electron chi connectivity index (χ3n) is 1.28. The summed E-state index contributed by atoms with van der Waals surface area (Å²) in [6.45, 7) is 0. The lowest BCUT2D eigenvalue weighted by Gasteiger charge is -2.07. The zero-order chi connectivity index (χ0) is 8.97. The van der Waals surface area contributed by atoms with Gasteiger partial charge >= 0.3 is 5.97 Å². The molecular weight excluding hydrogens is 178 g/mol. The molecule has 1 aromatic carbocycles. The maximum Gasteiger partial charge on any atom is 0.341 e. The lowest BCUT2D eigenvalue weighted by Crippen LogP contribution is -2.22. The second kappa shape index (κ2) is 3.97. The zero-order valence-electron chi connectivity index (χ0n) is 6.20. The highest BCUT2D eigenvalue weighted by Gasteiger charge is 2.11. The summed E-state index contributed by atoms with van der Waals surface area (Å²) in [5.74, 6) is -1.08. The number of hydrogen-bond acceptors (Lipinski definition) is 2. The normalized spacial score (nSPS) is 12.1. The van der Waals surface area contributed by atoms with Crippen molar-refractivity contribution in [3.63, 3.8) is 0 Å². The highest BCUT2D eigenvalue weighted by atomic mass is 35.5. The van der Waals surface area contributed by atoms with Gasteiger partial charge < -0.3 is 10.4 Å². The van der Waals surface area contributed by atoms with Crippen LogP contribution in [0.1, 0.15) is 0 Å². The standard InChI is InChI=1S/C8H8ClNO2/c9-7(8(11)12)10-6-4-2-1-3-5-6/h1-5,7,10H,(H,11,12). The van der Waals surface area contributed by atoms with Crippen molar-refractivity contribution in [2.75, 3.05) is 5.32 Å². The van der Waals surface area contributed by atoms with Gasteiger partial charge in [-0.2, -0.15) is 0 Å². The summed E-state index contributed by atoms with van der Waals surface area (Å²) in [7, 11) is 0. The molecule has 0 aliphatic carbocycles. The lowest BCUT2D eigenvalue weighted by molar-refractivity contribution is -0.136. The molecule has 64 valence electrons. The molecule has 0 aromatic heterocycles. The first-order valence-electron chi connectivity index (χ1n) is 3.38. The molecule has 1 atom stereocenters. The van der Waals surface area contributed by atoms with E-state index in [0.717, 1.165) is 0 Å². The van der Waals surface area contributed by atoms with Crippen LogP contribution in [0, 0.1) is 0 Å². The first kappa shape index (κ1) is 8.87. The molecule has 0 heterocycles. The Balaban J connectivity index is 2.58. The molecule has 4 heteroatoms. The predicted molar refractivity (Wildman–Crippen MR) is 47.3 cm³/mol. The van der Waals surface area contributed by atoms with Crippen LogP contribution < -0.4 is 5.32 Å². The predicted octanol–water partition coefficient (Wildman–Crippen LogP) is 1.75. The van der Waals surface area contributed by atoms with Crippen LogP contribution in [0.25, 0.3) is 0 Å². The van der Waals surface area contributed by atoms with Gasteiger partial charge in [0.2, 0.25) is 0 Å². The van der Waals surface area contributed by atoms with Gasteiger partial charge in [-0.25, -0.2) is 4.79 Å². The third kappa shape index (κ3) is 2.43. The van der Waals surface area contributed by atoms with Gasteiger partial charge in [0, 0.05) is 5.69 Å². The number of aliphatic carboxylic acids is 1. The Kier molecular flexibility index (Phi) is 2.94. The number of carboxylic acid groups (broad SMARTS) is 1. The Labute approximate surface area is 75.0 Å². The van der Waals surface area contributed by atoms with Crippen LogP contribution in [0.3, 0.4) is 0 Å². The number of carboxylic acids is 1. The van der Waals surface area contributed by atoms with Crippen LogP contribution in [0.2, 0.25) is 0 Å². The van der Waals surface area contributed by atoms with E-state index in [1.165, 1.54) is 0 Å². The first-order valence-corrected chi connectivity index (χ1v) is 3.82. The van der Waals surface area contributed by atoms with E-state index in [9.17, 15) is 4.79 Å². The number of benzene rings is 1. The van der Waals surface area contributed by atoms with Crippen molar-refractivity contribution >= 4 is 23.3 Å². The van der Waals surface area contributed by atoms with E-state index < -0.39 is 11.5 Å². The van der Waals surface area contributed by atoms with Gasteiger partial charge in [-0.1, -0.05) is 29.8 Å². The number of para-hydroxylation sites is 1. The minimum absolute atomic E-state index is 0.694. The summed E-state index contributed by atoms with van der Waals surface area (Å²) in [5.41, 5.74) is -0.382. The Morgan fingerprint density at radius 3 is 2.50 bits per heavy atom. The molecule has 0 saturated heterocycles. The number of alkyl halides is 1. The van der Waals surface area contributed by atoms with E-state index in [1.54, 1.807) is 24.3 Å². The molecule has 1 aromatic rings. The Morgan fingerprint density at radius 2 is 2.00 bits per heavy atom. The van der Waals surface area contributed by atoms with Gasteiger partial charge in [-0.05, 0) is 12.1 Å². The highest BCUT2D eigenvalue weighted by Crippen LogP contribution is 2.08. The number of nitrogens with one attached hydrogen (secondary N) is 1. The summed E-state index contributed by atoms with van der Waals surface area (Å²) >= 11 is 5.44. The van der Waals surface area contributed by atoms with Gasteiger partial charge in [0.1, 0.15) is 0 Å². The first-order chi connectivity index (χ1) is 5.70. The molecule has 0 bridgehead atoms. The highest BCUT2D eigenvalue weighted by molar-refractivity contribution is 6.30. The molecule has 3 nitrogen and oxygen atoms in total. The lowest BCUT2D eigenvalue weighted by atomic mass is 10.3. The van der Waals surface area contributed by atoms with E-state index in [4.69, 9.17) is 16.7 Å². The Hall–Kier alpha value is -1.22. The van der Waals surface area contributed by atoms with E-state index in [0.29, 0.717) is 5.69 Å². The summed E-state index contributed by atoms with van der Waals surface area (Å²) in [4.78, 5) is 10.3. The molecule has 1 unspecified atom stereocenters. The number of rotatable bonds is 3. The van der Waals surface area contributed by atoms with E-state index in [2.05, 4.69) is 5.32 Å². The van der Waals surface area contributed by atoms with E-state index >= 15 is 0 Å². The second-order valence-electron chi connectivity index (χ2n) is 2.21. The quantitative estimate of drug-likeness (QED) is 0.557. The molecule has 0 aliphatic heterocycles. The SMILES string of the molecule is O=C(O)C(Cl)Nc1ccccc1. The Bertz CT molecular complexity index is 263. The Morgan fingerprint density at radius 1 is 1.42 bits per heavy atom. The summed E-state index contributed by atoms with van der Waals surface area (Å²) in [5, 5.41) is 11.1. The smallest absolute Gasteiger partial charge is 0.341 e. The molecule has 2 N–H and O–H groups in total. The van der Waals surface area contributed by atoms with Crippen LogP contribution in [0.4, 0.5) is 5.69 Å². The average molecular weight is 186 g/mol. The van der Waals surface area contributed by atoms with Crippen molar-refractivity contribution in [1.29, 1.82) is 0 Å². The van der Waals surface area contributed by atoms with Gasteiger partial charge in [0.25, 0.3) is 0 Å². The second-order valence-corrected chi connectivity index (χ2v) is 2.65. The van der Waals surface area contributed by atoms with Crippen LogP contribution >= 0.6 is 11.6 Å². The van der Waals surface area contributed by atoms with Crippen LogP contribution in [0.5, 0.6) is 0 Å². The summed E-state index contributed by atoms with van der Waals surface area (Å²) < 4.78 is 0. The number of halogens is 1. The van der Waals surface area contributed by atoms with Crippen molar-refractivity contribution < 1.29 is 9.90 Å². The number of carbonyl (C=O) groups is 1. The fourth-order valence-electron chi connectivity index (χ4n) is 0.742. The van der Waals surface area contributed by atoms with Crippen molar-refractivity contribution in [1.82, 2.24) is 0 Å². The molecule has 0 saturated carbocycles. The molecule has 0 amide bonds. The average Bonchev–Trinajstić information content (AvgIpc) is 2.06. The van der Waals surface area contributed by atoms with Crippen LogP contribution in [0.15, 0.2) is 30.3 Å². The molecular formula is C8H8ClNO2.